The zero-order valence-electron chi connectivity index (χ0n) is 9.70. The van der Waals surface area contributed by atoms with E-state index in [2.05, 4.69) is 20.7 Å². The fourth-order valence-corrected chi connectivity index (χ4v) is 3.84. The van der Waals surface area contributed by atoms with Gasteiger partial charge in [0.2, 0.25) is 0 Å². The van der Waals surface area contributed by atoms with Crippen LogP contribution >= 0.6 is 50.7 Å². The molecule has 2 rings (SSSR count). The van der Waals surface area contributed by atoms with Crippen LogP contribution in [-0.4, -0.2) is 8.42 Å². The van der Waals surface area contributed by atoms with Gasteiger partial charge in [0.05, 0.1) is 20.6 Å². The molecule has 0 bridgehead atoms. The van der Waals surface area contributed by atoms with Crippen molar-refractivity contribution in [2.75, 3.05) is 4.72 Å². The maximum Gasteiger partial charge on any atom is 0.261 e. The lowest BCUT2D eigenvalue weighted by molar-refractivity contribution is 0.601. The molecule has 0 aromatic heterocycles. The van der Waals surface area contributed by atoms with Crippen LogP contribution in [0.4, 0.5) is 5.69 Å². The second kappa shape index (κ2) is 6.12. The zero-order chi connectivity index (χ0) is 14.9. The van der Waals surface area contributed by atoms with Gasteiger partial charge in [0, 0.05) is 9.50 Å². The lowest BCUT2D eigenvalue weighted by atomic mass is 10.3. The van der Waals surface area contributed by atoms with Gasteiger partial charge >= 0.3 is 0 Å². The van der Waals surface area contributed by atoms with Gasteiger partial charge in [0.25, 0.3) is 10.0 Å². The first-order valence-corrected chi connectivity index (χ1v) is 8.63. The topological polar surface area (TPSA) is 46.2 Å². The van der Waals surface area contributed by atoms with Crippen LogP contribution in [0.5, 0.6) is 0 Å². The van der Waals surface area contributed by atoms with Crippen LogP contribution in [-0.2, 0) is 10.0 Å². The van der Waals surface area contributed by atoms with Gasteiger partial charge in [-0.05, 0) is 36.4 Å². The molecule has 106 valence electrons. The summed E-state index contributed by atoms with van der Waals surface area (Å²) in [4.78, 5) is 0.0998. The third-order valence-corrected chi connectivity index (χ3v) is 5.08. The van der Waals surface area contributed by atoms with Gasteiger partial charge < -0.3 is 0 Å². The SMILES string of the molecule is O=S(=O)(Nc1c(Cl)cc(Cl)cc1Cl)c1ccc(Br)cc1. The maximum absolute atomic E-state index is 12.2. The van der Waals surface area contributed by atoms with Gasteiger partial charge in [0.15, 0.2) is 0 Å². The van der Waals surface area contributed by atoms with Crippen molar-refractivity contribution >= 4 is 66.4 Å². The normalized spacial score (nSPS) is 11.4. The Hall–Kier alpha value is -0.460. The van der Waals surface area contributed by atoms with Gasteiger partial charge in [-0.3, -0.25) is 4.72 Å². The van der Waals surface area contributed by atoms with Gasteiger partial charge in [-0.25, -0.2) is 8.42 Å². The van der Waals surface area contributed by atoms with Crippen molar-refractivity contribution in [3.05, 3.63) is 55.9 Å². The number of benzene rings is 2. The highest BCUT2D eigenvalue weighted by atomic mass is 79.9. The molecule has 3 nitrogen and oxygen atoms in total. The molecular weight excluding hydrogens is 408 g/mol. The molecule has 0 atom stereocenters. The van der Waals surface area contributed by atoms with Crippen LogP contribution in [0.25, 0.3) is 0 Å². The minimum atomic E-state index is -3.77. The summed E-state index contributed by atoms with van der Waals surface area (Å²) in [5, 5.41) is 0.581. The van der Waals surface area contributed by atoms with Crippen LogP contribution in [0.1, 0.15) is 0 Å². The first-order valence-electron chi connectivity index (χ1n) is 5.22. The highest BCUT2D eigenvalue weighted by molar-refractivity contribution is 9.10. The zero-order valence-corrected chi connectivity index (χ0v) is 14.4. The van der Waals surface area contributed by atoms with E-state index in [1.165, 1.54) is 24.3 Å². The Labute approximate surface area is 140 Å². The Morgan fingerprint density at radius 3 is 1.95 bits per heavy atom. The molecule has 0 saturated heterocycles. The van der Waals surface area contributed by atoms with E-state index in [-0.39, 0.29) is 20.6 Å². The van der Waals surface area contributed by atoms with E-state index in [0.717, 1.165) is 4.47 Å². The maximum atomic E-state index is 12.2. The minimum Gasteiger partial charge on any atom is -0.277 e. The third kappa shape index (κ3) is 3.59. The Morgan fingerprint density at radius 1 is 0.950 bits per heavy atom. The molecule has 20 heavy (non-hydrogen) atoms. The predicted molar refractivity (Wildman–Crippen MR) is 86.4 cm³/mol. The molecule has 0 aliphatic rings. The van der Waals surface area contributed by atoms with Crippen LogP contribution in [0.3, 0.4) is 0 Å². The van der Waals surface area contributed by atoms with E-state index in [9.17, 15) is 8.42 Å². The Morgan fingerprint density at radius 2 is 1.45 bits per heavy atom. The van der Waals surface area contributed by atoms with Gasteiger partial charge in [-0.15, -0.1) is 0 Å². The van der Waals surface area contributed by atoms with Crippen molar-refractivity contribution in [2.45, 2.75) is 4.90 Å². The molecule has 8 heteroatoms. The summed E-state index contributed by atoms with van der Waals surface area (Å²) in [6, 6.07) is 9.00. The lowest BCUT2D eigenvalue weighted by Crippen LogP contribution is -2.13. The fraction of sp³-hybridized carbons (Fsp3) is 0. The first-order chi connectivity index (χ1) is 9.29. The molecule has 0 amide bonds. The Balaban J connectivity index is 2.41. The molecule has 2 aromatic rings. The number of rotatable bonds is 3. The van der Waals surface area contributed by atoms with Crippen molar-refractivity contribution in [1.82, 2.24) is 0 Å². The molecule has 0 heterocycles. The Kier molecular flexibility index (Phi) is 4.87. The second-order valence-electron chi connectivity index (χ2n) is 3.80. The van der Waals surface area contributed by atoms with E-state index >= 15 is 0 Å². The number of sulfonamides is 1. The number of hydrogen-bond acceptors (Lipinski definition) is 2. The van der Waals surface area contributed by atoms with Crippen LogP contribution in [0.15, 0.2) is 45.8 Å². The van der Waals surface area contributed by atoms with E-state index in [4.69, 9.17) is 34.8 Å². The summed E-state index contributed by atoms with van der Waals surface area (Å²) in [6.07, 6.45) is 0. The molecule has 0 saturated carbocycles. The number of halogens is 4. The third-order valence-electron chi connectivity index (χ3n) is 2.37. The summed E-state index contributed by atoms with van der Waals surface area (Å²) in [5.41, 5.74) is 0.0978. The fourth-order valence-electron chi connectivity index (χ4n) is 1.45. The van der Waals surface area contributed by atoms with Crippen LogP contribution < -0.4 is 4.72 Å². The molecular formula is C12H7BrCl3NO2S. The molecule has 0 spiro atoms. The number of anilines is 1. The molecule has 0 aliphatic carbocycles. The molecule has 2 aromatic carbocycles. The van der Waals surface area contributed by atoms with Crippen LogP contribution in [0.2, 0.25) is 15.1 Å². The van der Waals surface area contributed by atoms with Crippen molar-refractivity contribution in [1.29, 1.82) is 0 Å². The standard InChI is InChI=1S/C12H7BrCl3NO2S/c13-7-1-3-9(4-2-7)20(18,19)17-12-10(15)5-8(14)6-11(12)16/h1-6,17H. The van der Waals surface area contributed by atoms with E-state index < -0.39 is 10.0 Å². The summed E-state index contributed by atoms with van der Waals surface area (Å²) in [7, 11) is -3.77. The predicted octanol–water partition coefficient (Wildman–Crippen LogP) is 5.21. The van der Waals surface area contributed by atoms with Crippen LogP contribution in [0, 0.1) is 0 Å². The van der Waals surface area contributed by atoms with E-state index in [0.29, 0.717) is 5.02 Å². The summed E-state index contributed by atoms with van der Waals surface area (Å²) in [5.74, 6) is 0. The molecule has 0 aliphatic heterocycles. The average molecular weight is 416 g/mol. The number of nitrogens with one attached hydrogen (secondary N) is 1. The average Bonchev–Trinajstić information content (AvgIpc) is 2.34. The van der Waals surface area contributed by atoms with Crippen molar-refractivity contribution in [2.24, 2.45) is 0 Å². The lowest BCUT2D eigenvalue weighted by Gasteiger charge is -2.11. The van der Waals surface area contributed by atoms with E-state index in [1.807, 2.05) is 0 Å². The summed E-state index contributed by atoms with van der Waals surface area (Å²) < 4.78 is 27.6. The highest BCUT2D eigenvalue weighted by Crippen LogP contribution is 2.35. The quantitative estimate of drug-likeness (QED) is 0.748. The monoisotopic (exact) mass is 413 g/mol. The molecule has 0 fully saturated rings. The van der Waals surface area contributed by atoms with Crippen molar-refractivity contribution in [3.8, 4) is 0 Å². The van der Waals surface area contributed by atoms with Gasteiger partial charge in [-0.1, -0.05) is 50.7 Å². The van der Waals surface area contributed by atoms with Gasteiger partial charge in [-0.2, -0.15) is 0 Å². The van der Waals surface area contributed by atoms with Crippen molar-refractivity contribution < 1.29 is 8.42 Å². The smallest absolute Gasteiger partial charge is 0.261 e. The van der Waals surface area contributed by atoms with E-state index in [1.54, 1.807) is 12.1 Å². The van der Waals surface area contributed by atoms with Gasteiger partial charge in [0.1, 0.15) is 0 Å². The minimum absolute atomic E-state index is 0.0978. The molecule has 0 unspecified atom stereocenters. The summed E-state index contributed by atoms with van der Waals surface area (Å²) >= 11 is 20.9. The number of hydrogen-bond donors (Lipinski definition) is 1. The largest absolute Gasteiger partial charge is 0.277 e. The molecule has 0 radical (unpaired) electrons. The van der Waals surface area contributed by atoms with Crippen molar-refractivity contribution in [3.63, 3.8) is 0 Å². The highest BCUT2D eigenvalue weighted by Gasteiger charge is 2.18. The second-order valence-corrected chi connectivity index (χ2v) is 7.65. The molecule has 1 N–H and O–H groups in total. The summed E-state index contributed by atoms with van der Waals surface area (Å²) in [6.45, 7) is 0. The Bertz CT molecular complexity index is 725. The first kappa shape index (κ1) is 15.9.